The lowest BCUT2D eigenvalue weighted by Gasteiger charge is -2.27. The van der Waals surface area contributed by atoms with E-state index in [-0.39, 0.29) is 0 Å². The molecule has 2 heterocycles. The van der Waals surface area contributed by atoms with Gasteiger partial charge in [0.15, 0.2) is 0 Å². The maximum Gasteiger partial charge on any atom is 0.104 e. The Morgan fingerprint density at radius 3 is 2.95 bits per heavy atom. The molecule has 0 radical (unpaired) electrons. The summed E-state index contributed by atoms with van der Waals surface area (Å²) < 4.78 is 0. The molecule has 1 aliphatic heterocycles. The maximum atomic E-state index is 9.16. The summed E-state index contributed by atoms with van der Waals surface area (Å²) >= 11 is 1.57. The summed E-state index contributed by atoms with van der Waals surface area (Å²) in [6.45, 7) is 5.01. The predicted octanol–water partition coefficient (Wildman–Crippen LogP) is 3.07. The van der Waals surface area contributed by atoms with E-state index in [2.05, 4.69) is 42.2 Å². The quantitative estimate of drug-likeness (QED) is 0.921. The smallest absolute Gasteiger partial charge is 0.104 e. The highest BCUT2D eigenvalue weighted by Gasteiger charge is 2.23. The molecule has 0 amide bonds. The van der Waals surface area contributed by atoms with E-state index in [4.69, 9.17) is 11.0 Å². The number of nitrogens with zero attached hydrogens (tertiary/aromatic N) is 2. The molecule has 0 saturated heterocycles. The average molecular weight is 283 g/mol. The van der Waals surface area contributed by atoms with Crippen molar-refractivity contribution in [3.05, 3.63) is 51.4 Å². The number of benzene rings is 1. The van der Waals surface area contributed by atoms with Gasteiger partial charge in [-0.05, 0) is 30.0 Å². The van der Waals surface area contributed by atoms with E-state index in [1.54, 1.807) is 11.3 Å². The van der Waals surface area contributed by atoms with Gasteiger partial charge in [-0.25, -0.2) is 0 Å². The van der Waals surface area contributed by atoms with Crippen LogP contribution in [0, 0.1) is 18.3 Å². The first-order valence-electron chi connectivity index (χ1n) is 6.76. The Morgan fingerprint density at radius 1 is 1.40 bits per heavy atom. The van der Waals surface area contributed by atoms with Crippen LogP contribution in [0.3, 0.4) is 0 Å². The van der Waals surface area contributed by atoms with Gasteiger partial charge in [-0.15, -0.1) is 11.3 Å². The molecule has 1 aliphatic rings. The van der Waals surface area contributed by atoms with E-state index < -0.39 is 0 Å². The van der Waals surface area contributed by atoms with E-state index in [1.165, 1.54) is 21.6 Å². The first kappa shape index (κ1) is 13.2. The topological polar surface area (TPSA) is 53.0 Å². The summed E-state index contributed by atoms with van der Waals surface area (Å²) in [4.78, 5) is 3.70. The number of thiophene rings is 1. The summed E-state index contributed by atoms with van der Waals surface area (Å²) in [5, 5.41) is 9.84. The van der Waals surface area contributed by atoms with Crippen molar-refractivity contribution in [2.75, 3.05) is 12.3 Å². The lowest BCUT2D eigenvalue weighted by molar-refractivity contribution is 0.248. The maximum absolute atomic E-state index is 9.16. The van der Waals surface area contributed by atoms with Crippen molar-refractivity contribution in [1.29, 1.82) is 5.26 Å². The van der Waals surface area contributed by atoms with Crippen LogP contribution in [0.4, 0.5) is 5.00 Å². The van der Waals surface area contributed by atoms with E-state index >= 15 is 0 Å². The average Bonchev–Trinajstić information content (AvgIpc) is 2.76. The van der Waals surface area contributed by atoms with Crippen molar-refractivity contribution in [1.82, 2.24) is 4.90 Å². The van der Waals surface area contributed by atoms with Crippen LogP contribution in [0.15, 0.2) is 24.3 Å². The molecule has 0 saturated carbocycles. The van der Waals surface area contributed by atoms with Gasteiger partial charge in [-0.1, -0.05) is 24.3 Å². The zero-order chi connectivity index (χ0) is 14.1. The SMILES string of the molecule is Cc1ccccc1CN1CCc2c(sc(N)c2C#N)C1. The highest BCUT2D eigenvalue weighted by Crippen LogP contribution is 2.34. The second kappa shape index (κ2) is 5.28. The Bertz CT molecular complexity index is 682. The van der Waals surface area contributed by atoms with Crippen LogP contribution in [0.2, 0.25) is 0 Å². The van der Waals surface area contributed by atoms with Crippen molar-refractivity contribution in [2.24, 2.45) is 0 Å². The monoisotopic (exact) mass is 283 g/mol. The molecule has 2 aromatic rings. The summed E-state index contributed by atoms with van der Waals surface area (Å²) in [7, 11) is 0. The molecule has 0 fully saturated rings. The van der Waals surface area contributed by atoms with Gasteiger partial charge < -0.3 is 5.73 Å². The Balaban J connectivity index is 1.80. The standard InChI is InChI=1S/C16H17N3S/c1-11-4-2-3-5-12(11)9-19-7-6-13-14(8-17)16(18)20-15(13)10-19/h2-5H,6-7,9-10,18H2,1H3. The van der Waals surface area contributed by atoms with Crippen LogP contribution in [0.5, 0.6) is 0 Å². The number of nitrogens with two attached hydrogens (primary N) is 1. The fourth-order valence-corrected chi connectivity index (χ4v) is 3.87. The minimum Gasteiger partial charge on any atom is -0.389 e. The van der Waals surface area contributed by atoms with Crippen LogP contribution in [-0.4, -0.2) is 11.4 Å². The molecule has 4 heteroatoms. The fraction of sp³-hybridized carbons (Fsp3) is 0.312. The third kappa shape index (κ3) is 2.31. The number of hydrogen-bond acceptors (Lipinski definition) is 4. The van der Waals surface area contributed by atoms with Crippen LogP contribution in [-0.2, 0) is 19.5 Å². The number of nitriles is 1. The highest BCUT2D eigenvalue weighted by atomic mass is 32.1. The van der Waals surface area contributed by atoms with Crippen LogP contribution >= 0.6 is 11.3 Å². The molecular formula is C16H17N3S. The largest absolute Gasteiger partial charge is 0.389 e. The molecule has 1 aromatic carbocycles. The first-order chi connectivity index (χ1) is 9.69. The Morgan fingerprint density at radius 2 is 2.20 bits per heavy atom. The molecule has 3 nitrogen and oxygen atoms in total. The van der Waals surface area contributed by atoms with Gasteiger partial charge in [-0.2, -0.15) is 5.26 Å². The van der Waals surface area contributed by atoms with E-state index in [1.807, 2.05) is 0 Å². The summed E-state index contributed by atoms with van der Waals surface area (Å²) in [6, 6.07) is 10.8. The number of hydrogen-bond donors (Lipinski definition) is 1. The predicted molar refractivity (Wildman–Crippen MR) is 82.4 cm³/mol. The van der Waals surface area contributed by atoms with E-state index in [9.17, 15) is 0 Å². The molecule has 0 spiro atoms. The number of rotatable bonds is 2. The number of fused-ring (bicyclic) bond motifs is 1. The number of nitrogen functional groups attached to an aromatic ring is 1. The minimum absolute atomic E-state index is 0.676. The Labute approximate surface area is 123 Å². The second-order valence-electron chi connectivity index (χ2n) is 5.24. The molecule has 3 rings (SSSR count). The Hall–Kier alpha value is -1.83. The summed E-state index contributed by atoms with van der Waals surface area (Å²) in [6.07, 6.45) is 0.928. The molecule has 0 unspecified atom stereocenters. The van der Waals surface area contributed by atoms with Gasteiger partial charge in [0, 0.05) is 24.5 Å². The molecule has 1 aromatic heterocycles. The molecule has 0 aliphatic carbocycles. The molecule has 2 N–H and O–H groups in total. The van der Waals surface area contributed by atoms with Crippen molar-refractivity contribution >= 4 is 16.3 Å². The second-order valence-corrected chi connectivity index (χ2v) is 6.38. The zero-order valence-corrected chi connectivity index (χ0v) is 12.3. The summed E-state index contributed by atoms with van der Waals surface area (Å²) in [5.74, 6) is 0. The molecule has 20 heavy (non-hydrogen) atoms. The third-order valence-electron chi connectivity index (χ3n) is 3.93. The van der Waals surface area contributed by atoms with Crippen molar-refractivity contribution in [3.8, 4) is 6.07 Å². The van der Waals surface area contributed by atoms with Gasteiger partial charge in [0.25, 0.3) is 0 Å². The van der Waals surface area contributed by atoms with Crippen LogP contribution < -0.4 is 5.73 Å². The van der Waals surface area contributed by atoms with Gasteiger partial charge in [0.2, 0.25) is 0 Å². The van der Waals surface area contributed by atoms with Crippen molar-refractivity contribution in [3.63, 3.8) is 0 Å². The summed E-state index contributed by atoms with van der Waals surface area (Å²) in [5.41, 5.74) is 10.5. The van der Waals surface area contributed by atoms with Crippen molar-refractivity contribution in [2.45, 2.75) is 26.4 Å². The van der Waals surface area contributed by atoms with Crippen LogP contribution in [0.1, 0.15) is 27.1 Å². The van der Waals surface area contributed by atoms with Gasteiger partial charge in [-0.3, -0.25) is 4.90 Å². The van der Waals surface area contributed by atoms with Crippen molar-refractivity contribution < 1.29 is 0 Å². The number of aryl methyl sites for hydroxylation is 1. The highest BCUT2D eigenvalue weighted by molar-refractivity contribution is 7.16. The zero-order valence-electron chi connectivity index (χ0n) is 11.5. The minimum atomic E-state index is 0.676. The van der Waals surface area contributed by atoms with Gasteiger partial charge >= 0.3 is 0 Å². The molecule has 0 atom stereocenters. The first-order valence-corrected chi connectivity index (χ1v) is 7.57. The van der Waals surface area contributed by atoms with Gasteiger partial charge in [0.1, 0.15) is 11.1 Å². The molecule has 102 valence electrons. The lowest BCUT2D eigenvalue weighted by atomic mass is 10.0. The number of anilines is 1. The Kier molecular flexibility index (Phi) is 3.47. The molecule has 0 bridgehead atoms. The third-order valence-corrected chi connectivity index (χ3v) is 4.98. The van der Waals surface area contributed by atoms with Crippen LogP contribution in [0.25, 0.3) is 0 Å². The van der Waals surface area contributed by atoms with E-state index in [0.29, 0.717) is 10.6 Å². The van der Waals surface area contributed by atoms with E-state index in [0.717, 1.165) is 26.1 Å². The lowest BCUT2D eigenvalue weighted by Crippen LogP contribution is -2.29. The fourth-order valence-electron chi connectivity index (χ4n) is 2.76. The van der Waals surface area contributed by atoms with Gasteiger partial charge in [0.05, 0.1) is 5.56 Å². The normalized spacial score (nSPS) is 14.8. The molecular weight excluding hydrogens is 266 g/mol.